The van der Waals surface area contributed by atoms with Gasteiger partial charge in [-0.15, -0.1) is 10.2 Å². The number of aromatic nitrogens is 3. The lowest BCUT2D eigenvalue weighted by Gasteiger charge is -2.27. The number of nitrogens with one attached hydrogen (secondary N) is 2. The third kappa shape index (κ3) is 5.25. The first kappa shape index (κ1) is 20.2. The van der Waals surface area contributed by atoms with Gasteiger partial charge in [0.25, 0.3) is 0 Å². The third-order valence-electron chi connectivity index (χ3n) is 4.27. The standard InChI is InChI=1S/C19H26N6O2S/c1-14(2)20-17(27)21-16(26)13-28-19-23-22-18(24-11-7-4-8-12-24)25(19)15-9-5-3-6-10-15/h3,5-6,9-10,14H,4,7-8,11-13H2,1-2H3,(H2,20,21,26,27). The van der Waals surface area contributed by atoms with Crippen LogP contribution in [0, 0.1) is 0 Å². The number of anilines is 1. The molecule has 2 heterocycles. The Morgan fingerprint density at radius 3 is 2.50 bits per heavy atom. The highest BCUT2D eigenvalue weighted by Crippen LogP contribution is 2.28. The SMILES string of the molecule is CC(C)NC(=O)NC(=O)CSc1nnc(N2CCCCC2)n1-c1ccccc1. The Balaban J connectivity index is 1.74. The minimum atomic E-state index is -0.487. The maximum absolute atomic E-state index is 12.1. The van der Waals surface area contributed by atoms with Crippen LogP contribution in [-0.4, -0.2) is 51.6 Å². The van der Waals surface area contributed by atoms with Crippen molar-refractivity contribution in [3.8, 4) is 5.69 Å². The molecule has 0 spiro atoms. The molecule has 1 aromatic heterocycles. The highest BCUT2D eigenvalue weighted by atomic mass is 32.2. The molecule has 1 aliphatic rings. The molecule has 0 saturated carbocycles. The van der Waals surface area contributed by atoms with Crippen molar-refractivity contribution in [3.63, 3.8) is 0 Å². The van der Waals surface area contributed by atoms with Crippen molar-refractivity contribution in [3.05, 3.63) is 30.3 Å². The predicted octanol–water partition coefficient (Wildman–Crippen LogP) is 2.58. The summed E-state index contributed by atoms with van der Waals surface area (Å²) in [6.07, 6.45) is 3.51. The van der Waals surface area contributed by atoms with Crippen LogP contribution in [0.2, 0.25) is 0 Å². The number of rotatable bonds is 6. The Hall–Kier alpha value is -2.55. The van der Waals surface area contributed by atoms with Crippen molar-refractivity contribution >= 4 is 29.6 Å². The molecule has 3 amide bonds. The minimum Gasteiger partial charge on any atom is -0.341 e. The molecule has 3 rings (SSSR count). The summed E-state index contributed by atoms with van der Waals surface area (Å²) in [5.41, 5.74) is 0.952. The van der Waals surface area contributed by atoms with Crippen LogP contribution in [0.15, 0.2) is 35.5 Å². The van der Waals surface area contributed by atoms with Gasteiger partial charge in [-0.1, -0.05) is 30.0 Å². The van der Waals surface area contributed by atoms with Crippen molar-refractivity contribution < 1.29 is 9.59 Å². The van der Waals surface area contributed by atoms with Crippen molar-refractivity contribution in [2.75, 3.05) is 23.7 Å². The molecule has 1 aliphatic heterocycles. The van der Waals surface area contributed by atoms with Crippen LogP contribution in [0.3, 0.4) is 0 Å². The van der Waals surface area contributed by atoms with Crippen LogP contribution >= 0.6 is 11.8 Å². The Bertz CT molecular complexity index is 802. The van der Waals surface area contributed by atoms with Gasteiger partial charge in [-0.25, -0.2) is 4.79 Å². The van der Waals surface area contributed by atoms with Gasteiger partial charge >= 0.3 is 6.03 Å². The lowest BCUT2D eigenvalue weighted by molar-refractivity contribution is -0.117. The Morgan fingerprint density at radius 1 is 1.11 bits per heavy atom. The molecule has 8 nitrogen and oxygen atoms in total. The fourth-order valence-corrected chi connectivity index (χ4v) is 3.80. The maximum atomic E-state index is 12.1. The fraction of sp³-hybridized carbons (Fsp3) is 0.474. The number of hydrogen-bond acceptors (Lipinski definition) is 6. The van der Waals surface area contributed by atoms with E-state index in [0.717, 1.165) is 37.6 Å². The van der Waals surface area contributed by atoms with E-state index in [4.69, 9.17) is 0 Å². The summed E-state index contributed by atoms with van der Waals surface area (Å²) in [4.78, 5) is 26.0. The zero-order valence-electron chi connectivity index (χ0n) is 16.2. The van der Waals surface area contributed by atoms with Crippen LogP contribution in [0.1, 0.15) is 33.1 Å². The van der Waals surface area contributed by atoms with E-state index in [-0.39, 0.29) is 17.7 Å². The molecular formula is C19H26N6O2S. The van der Waals surface area contributed by atoms with Gasteiger partial charge in [0.1, 0.15) is 0 Å². The smallest absolute Gasteiger partial charge is 0.321 e. The summed E-state index contributed by atoms with van der Waals surface area (Å²) in [6, 6.07) is 9.36. The van der Waals surface area contributed by atoms with E-state index >= 15 is 0 Å². The number of imide groups is 1. The summed E-state index contributed by atoms with van der Waals surface area (Å²) >= 11 is 1.27. The second-order valence-corrected chi connectivity index (χ2v) is 7.91. The molecule has 0 radical (unpaired) electrons. The summed E-state index contributed by atoms with van der Waals surface area (Å²) < 4.78 is 1.98. The second kappa shape index (κ2) is 9.59. The number of urea groups is 1. The van der Waals surface area contributed by atoms with E-state index in [2.05, 4.69) is 25.7 Å². The van der Waals surface area contributed by atoms with Gasteiger partial charge in [0, 0.05) is 19.1 Å². The van der Waals surface area contributed by atoms with E-state index in [1.807, 2.05) is 48.7 Å². The van der Waals surface area contributed by atoms with E-state index in [9.17, 15) is 9.59 Å². The Kier molecular flexibility index (Phi) is 6.91. The molecule has 0 atom stereocenters. The fourth-order valence-electron chi connectivity index (χ4n) is 3.05. The zero-order chi connectivity index (χ0) is 19.9. The van der Waals surface area contributed by atoms with Crippen LogP contribution in [0.4, 0.5) is 10.7 Å². The van der Waals surface area contributed by atoms with E-state index < -0.39 is 6.03 Å². The van der Waals surface area contributed by atoms with Gasteiger partial charge in [0.15, 0.2) is 5.16 Å². The van der Waals surface area contributed by atoms with Crippen LogP contribution in [0.5, 0.6) is 0 Å². The Labute approximate surface area is 169 Å². The number of benzene rings is 1. The van der Waals surface area contributed by atoms with Crippen molar-refractivity contribution in [1.29, 1.82) is 0 Å². The zero-order valence-corrected chi connectivity index (χ0v) is 17.0. The first-order chi connectivity index (χ1) is 13.5. The summed E-state index contributed by atoms with van der Waals surface area (Å²) in [7, 11) is 0. The van der Waals surface area contributed by atoms with Gasteiger partial charge in [-0.2, -0.15) is 0 Å². The quantitative estimate of drug-likeness (QED) is 0.722. The van der Waals surface area contributed by atoms with Crippen LogP contribution in [-0.2, 0) is 4.79 Å². The topological polar surface area (TPSA) is 92.2 Å². The number of carbonyl (C=O) groups excluding carboxylic acids is 2. The number of hydrogen-bond donors (Lipinski definition) is 2. The molecule has 1 aromatic carbocycles. The highest BCUT2D eigenvalue weighted by Gasteiger charge is 2.22. The number of amides is 3. The third-order valence-corrected chi connectivity index (χ3v) is 5.20. The second-order valence-electron chi connectivity index (χ2n) is 6.97. The molecule has 2 aromatic rings. The number of thioether (sulfide) groups is 1. The van der Waals surface area contributed by atoms with Crippen molar-refractivity contribution in [2.24, 2.45) is 0 Å². The van der Waals surface area contributed by atoms with Crippen molar-refractivity contribution in [1.82, 2.24) is 25.4 Å². The number of piperidine rings is 1. The molecule has 1 fully saturated rings. The predicted molar refractivity (Wildman–Crippen MR) is 110 cm³/mol. The lowest BCUT2D eigenvalue weighted by Crippen LogP contribution is -2.43. The van der Waals surface area contributed by atoms with E-state index in [1.165, 1.54) is 18.2 Å². The van der Waals surface area contributed by atoms with E-state index in [1.54, 1.807) is 0 Å². The summed E-state index contributed by atoms with van der Waals surface area (Å²) in [6.45, 7) is 5.57. The maximum Gasteiger partial charge on any atom is 0.321 e. The van der Waals surface area contributed by atoms with Crippen LogP contribution in [0.25, 0.3) is 5.69 Å². The van der Waals surface area contributed by atoms with Crippen LogP contribution < -0.4 is 15.5 Å². The lowest BCUT2D eigenvalue weighted by atomic mass is 10.1. The summed E-state index contributed by atoms with van der Waals surface area (Å²) in [5, 5.41) is 14.3. The van der Waals surface area contributed by atoms with Gasteiger partial charge in [0.05, 0.1) is 11.4 Å². The highest BCUT2D eigenvalue weighted by molar-refractivity contribution is 7.99. The van der Waals surface area contributed by atoms with E-state index in [0.29, 0.717) is 5.16 Å². The molecule has 0 bridgehead atoms. The molecular weight excluding hydrogens is 376 g/mol. The average Bonchev–Trinajstić information content (AvgIpc) is 3.11. The molecule has 0 aliphatic carbocycles. The van der Waals surface area contributed by atoms with Gasteiger partial charge < -0.3 is 10.2 Å². The van der Waals surface area contributed by atoms with Crippen molar-refractivity contribution in [2.45, 2.75) is 44.3 Å². The monoisotopic (exact) mass is 402 g/mol. The normalized spacial score (nSPS) is 14.2. The molecule has 150 valence electrons. The molecule has 0 unspecified atom stereocenters. The molecule has 2 N–H and O–H groups in total. The Morgan fingerprint density at radius 2 is 1.82 bits per heavy atom. The van der Waals surface area contributed by atoms with Gasteiger partial charge in [0.2, 0.25) is 11.9 Å². The number of nitrogens with zero attached hydrogens (tertiary/aromatic N) is 4. The first-order valence-electron chi connectivity index (χ1n) is 9.53. The minimum absolute atomic E-state index is 0.0336. The molecule has 9 heteroatoms. The average molecular weight is 403 g/mol. The summed E-state index contributed by atoms with van der Waals surface area (Å²) in [5.74, 6) is 0.507. The largest absolute Gasteiger partial charge is 0.341 e. The first-order valence-corrected chi connectivity index (χ1v) is 10.5. The number of carbonyl (C=O) groups is 2. The van der Waals surface area contributed by atoms with Gasteiger partial charge in [-0.05, 0) is 45.2 Å². The number of para-hydroxylation sites is 1. The molecule has 1 saturated heterocycles. The van der Waals surface area contributed by atoms with Gasteiger partial charge in [-0.3, -0.25) is 14.7 Å². The molecule has 28 heavy (non-hydrogen) atoms.